The molecule has 1 heterocycles. The number of nitrogens with one attached hydrogen (secondary N) is 2. The first kappa shape index (κ1) is 16.0. The lowest BCUT2D eigenvalue weighted by Crippen LogP contribution is -2.35. The van der Waals surface area contributed by atoms with Crippen LogP contribution in [0.3, 0.4) is 0 Å². The van der Waals surface area contributed by atoms with E-state index in [-0.39, 0.29) is 0 Å². The zero-order valence-corrected chi connectivity index (χ0v) is 13.0. The monoisotopic (exact) mass is 254 g/mol. The van der Waals surface area contributed by atoms with Crippen LogP contribution in [0.1, 0.15) is 59.8 Å². The first-order chi connectivity index (χ1) is 8.61. The summed E-state index contributed by atoms with van der Waals surface area (Å²) >= 11 is 0. The molecule has 18 heavy (non-hydrogen) atoms. The van der Waals surface area contributed by atoms with Gasteiger partial charge in [0.15, 0.2) is 0 Å². The molecule has 1 atom stereocenters. The van der Waals surface area contributed by atoms with Crippen LogP contribution in [-0.2, 0) is 0 Å². The van der Waals surface area contributed by atoms with Crippen LogP contribution in [0.25, 0.3) is 0 Å². The third-order valence-electron chi connectivity index (χ3n) is 4.41. The lowest BCUT2D eigenvalue weighted by Gasteiger charge is -2.26. The van der Waals surface area contributed by atoms with E-state index in [1.165, 1.54) is 51.7 Å². The van der Waals surface area contributed by atoms with Crippen molar-refractivity contribution in [2.45, 2.75) is 65.8 Å². The smallest absolute Gasteiger partial charge is 0.00675 e. The highest BCUT2D eigenvalue weighted by Crippen LogP contribution is 2.19. The molecular weight excluding hydrogens is 220 g/mol. The Labute approximate surface area is 114 Å². The van der Waals surface area contributed by atoms with E-state index in [9.17, 15) is 0 Å². The Kier molecular flexibility index (Phi) is 7.92. The minimum atomic E-state index is 0.789. The second-order valence-corrected chi connectivity index (χ2v) is 6.65. The van der Waals surface area contributed by atoms with Crippen LogP contribution < -0.4 is 10.6 Å². The van der Waals surface area contributed by atoms with Gasteiger partial charge >= 0.3 is 0 Å². The Balaban J connectivity index is 2.03. The highest BCUT2D eigenvalue weighted by atomic mass is 14.9. The first-order valence-electron chi connectivity index (χ1n) is 8.05. The van der Waals surface area contributed by atoms with Crippen molar-refractivity contribution >= 4 is 0 Å². The fourth-order valence-corrected chi connectivity index (χ4v) is 3.15. The molecule has 1 aliphatic rings. The molecule has 1 aliphatic heterocycles. The van der Waals surface area contributed by atoms with Crippen molar-refractivity contribution in [3.05, 3.63) is 0 Å². The number of hydrogen-bond donors (Lipinski definition) is 2. The van der Waals surface area contributed by atoms with Crippen molar-refractivity contribution in [3.8, 4) is 0 Å². The number of hydrogen-bond acceptors (Lipinski definition) is 2. The van der Waals surface area contributed by atoms with E-state index < -0.39 is 0 Å². The van der Waals surface area contributed by atoms with Crippen molar-refractivity contribution in [1.82, 2.24) is 10.6 Å². The lowest BCUT2D eigenvalue weighted by molar-refractivity contribution is 0.274. The summed E-state index contributed by atoms with van der Waals surface area (Å²) in [6.45, 7) is 13.0. The van der Waals surface area contributed by atoms with E-state index >= 15 is 0 Å². The van der Waals surface area contributed by atoms with Gasteiger partial charge in [0.1, 0.15) is 0 Å². The summed E-state index contributed by atoms with van der Waals surface area (Å²) in [6.07, 6.45) is 6.86. The highest BCUT2D eigenvalue weighted by molar-refractivity contribution is 4.73. The van der Waals surface area contributed by atoms with Gasteiger partial charge in [0.05, 0.1) is 0 Å². The van der Waals surface area contributed by atoms with Gasteiger partial charge in [-0.2, -0.15) is 0 Å². The van der Waals surface area contributed by atoms with Crippen LogP contribution >= 0.6 is 0 Å². The minimum absolute atomic E-state index is 0.789. The maximum Gasteiger partial charge on any atom is 0.00675 e. The molecule has 0 bridgehead atoms. The molecule has 0 aromatic heterocycles. The van der Waals surface area contributed by atoms with Crippen molar-refractivity contribution < 1.29 is 0 Å². The van der Waals surface area contributed by atoms with Crippen LogP contribution in [-0.4, -0.2) is 25.7 Å². The molecule has 0 radical (unpaired) electrons. The topological polar surface area (TPSA) is 24.1 Å². The van der Waals surface area contributed by atoms with Gasteiger partial charge < -0.3 is 10.6 Å². The molecule has 1 unspecified atom stereocenters. The first-order valence-corrected chi connectivity index (χ1v) is 8.05. The van der Waals surface area contributed by atoms with Gasteiger partial charge in [0, 0.05) is 6.04 Å². The molecule has 2 heteroatoms. The van der Waals surface area contributed by atoms with Crippen LogP contribution in [0.4, 0.5) is 0 Å². The fraction of sp³-hybridized carbons (Fsp3) is 1.00. The summed E-state index contributed by atoms with van der Waals surface area (Å²) in [4.78, 5) is 0. The molecule has 1 rings (SSSR count). The number of piperidine rings is 1. The lowest BCUT2D eigenvalue weighted by atomic mass is 9.85. The van der Waals surface area contributed by atoms with Gasteiger partial charge in [-0.15, -0.1) is 0 Å². The minimum Gasteiger partial charge on any atom is -0.316 e. The van der Waals surface area contributed by atoms with Crippen LogP contribution in [0.5, 0.6) is 0 Å². The van der Waals surface area contributed by atoms with Crippen molar-refractivity contribution in [2.24, 2.45) is 17.8 Å². The maximum atomic E-state index is 3.66. The van der Waals surface area contributed by atoms with Gasteiger partial charge in [-0.1, -0.05) is 34.1 Å². The second kappa shape index (κ2) is 8.92. The van der Waals surface area contributed by atoms with E-state index in [2.05, 4.69) is 38.3 Å². The molecule has 0 spiro atoms. The molecule has 0 amide bonds. The van der Waals surface area contributed by atoms with Crippen LogP contribution in [0.2, 0.25) is 0 Å². The summed E-state index contributed by atoms with van der Waals surface area (Å²) < 4.78 is 0. The predicted octanol–water partition coefficient (Wildman–Crippen LogP) is 3.43. The normalized spacial score (nSPS) is 21.2. The molecule has 0 aromatic rings. The molecule has 2 N–H and O–H groups in total. The zero-order valence-electron chi connectivity index (χ0n) is 13.0. The molecule has 1 saturated heterocycles. The van der Waals surface area contributed by atoms with E-state index in [1.807, 2.05) is 0 Å². The van der Waals surface area contributed by atoms with Gasteiger partial charge in [0.25, 0.3) is 0 Å². The third kappa shape index (κ3) is 6.19. The average molecular weight is 254 g/mol. The predicted molar refractivity (Wildman–Crippen MR) is 80.9 cm³/mol. The van der Waals surface area contributed by atoms with Crippen LogP contribution in [0.15, 0.2) is 0 Å². The van der Waals surface area contributed by atoms with Crippen molar-refractivity contribution in [1.29, 1.82) is 0 Å². The summed E-state index contributed by atoms with van der Waals surface area (Å²) in [7, 11) is 0. The maximum absolute atomic E-state index is 3.66. The molecule has 2 nitrogen and oxygen atoms in total. The summed E-state index contributed by atoms with van der Waals surface area (Å²) in [5, 5.41) is 7.29. The SMILES string of the molecule is CC(C)C(CNCCCC1CCCCN1)C(C)C. The van der Waals surface area contributed by atoms with E-state index in [4.69, 9.17) is 0 Å². The summed E-state index contributed by atoms with van der Waals surface area (Å²) in [6, 6.07) is 0.798. The van der Waals surface area contributed by atoms with Gasteiger partial charge in [-0.05, 0) is 63.1 Å². The Morgan fingerprint density at radius 2 is 1.83 bits per heavy atom. The van der Waals surface area contributed by atoms with Crippen molar-refractivity contribution in [2.75, 3.05) is 19.6 Å². The molecule has 0 aliphatic carbocycles. The fourth-order valence-electron chi connectivity index (χ4n) is 3.15. The van der Waals surface area contributed by atoms with Gasteiger partial charge in [-0.25, -0.2) is 0 Å². The third-order valence-corrected chi connectivity index (χ3v) is 4.41. The van der Waals surface area contributed by atoms with E-state index in [0.29, 0.717) is 0 Å². The number of rotatable bonds is 8. The summed E-state index contributed by atoms with van der Waals surface area (Å²) in [5.41, 5.74) is 0. The van der Waals surface area contributed by atoms with Gasteiger partial charge in [0.2, 0.25) is 0 Å². The molecule has 0 aromatic carbocycles. The molecule has 0 saturated carbocycles. The zero-order chi connectivity index (χ0) is 13.4. The Bertz CT molecular complexity index is 187. The standard InChI is InChI=1S/C16H34N2/c1-13(2)16(14(3)4)12-17-10-7-9-15-8-5-6-11-18-15/h13-18H,5-12H2,1-4H3. The largest absolute Gasteiger partial charge is 0.316 e. The highest BCUT2D eigenvalue weighted by Gasteiger charge is 2.16. The summed E-state index contributed by atoms with van der Waals surface area (Å²) in [5.74, 6) is 2.40. The average Bonchev–Trinajstić information content (AvgIpc) is 2.34. The molecular formula is C16H34N2. The Hall–Kier alpha value is -0.0800. The molecule has 108 valence electrons. The second-order valence-electron chi connectivity index (χ2n) is 6.65. The molecule has 1 fully saturated rings. The van der Waals surface area contributed by atoms with Crippen molar-refractivity contribution in [3.63, 3.8) is 0 Å². The Morgan fingerprint density at radius 1 is 1.11 bits per heavy atom. The Morgan fingerprint density at radius 3 is 2.39 bits per heavy atom. The van der Waals surface area contributed by atoms with E-state index in [0.717, 1.165) is 23.8 Å². The van der Waals surface area contributed by atoms with Crippen LogP contribution in [0, 0.1) is 17.8 Å². The van der Waals surface area contributed by atoms with E-state index in [1.54, 1.807) is 0 Å². The quantitative estimate of drug-likeness (QED) is 0.649. The van der Waals surface area contributed by atoms with Gasteiger partial charge in [-0.3, -0.25) is 0 Å².